The molecule has 184 valence electrons. The molecule has 2 aromatic carbocycles. The second kappa shape index (κ2) is 11.7. The highest BCUT2D eigenvalue weighted by Gasteiger charge is 2.16. The minimum atomic E-state index is -0.530. The minimum Gasteiger partial charge on any atom is -0.444 e. The summed E-state index contributed by atoms with van der Waals surface area (Å²) in [6.07, 6.45) is -0.904. The van der Waals surface area contributed by atoms with Gasteiger partial charge in [-0.2, -0.15) is 0 Å². The van der Waals surface area contributed by atoms with Gasteiger partial charge in [0.2, 0.25) is 0 Å². The Morgan fingerprint density at radius 2 is 1.00 bits per heavy atom. The Kier molecular flexibility index (Phi) is 9.26. The lowest BCUT2D eigenvalue weighted by Gasteiger charge is -2.19. The number of alkyl carbamates (subject to hydrolysis) is 2. The van der Waals surface area contributed by atoms with Gasteiger partial charge in [-0.15, -0.1) is 0 Å². The quantitative estimate of drug-likeness (QED) is 0.398. The van der Waals surface area contributed by atoms with E-state index in [4.69, 9.17) is 21.7 Å². The number of carbonyl (C=O) groups is 2. The molecule has 0 fully saturated rings. The molecule has 0 aliphatic carbocycles. The first-order valence-corrected chi connectivity index (χ1v) is 11.4. The van der Waals surface area contributed by atoms with Crippen LogP contribution in [0.1, 0.15) is 52.7 Å². The summed E-state index contributed by atoms with van der Waals surface area (Å²) in [6, 6.07) is 15.1. The van der Waals surface area contributed by atoms with Gasteiger partial charge in [0.25, 0.3) is 0 Å². The Hall–Kier alpha value is -3.33. The number of anilines is 2. The first-order valence-electron chi connectivity index (χ1n) is 11.0. The largest absolute Gasteiger partial charge is 0.444 e. The maximum absolute atomic E-state index is 11.8. The Morgan fingerprint density at radius 3 is 1.29 bits per heavy atom. The second-order valence-corrected chi connectivity index (χ2v) is 10.1. The van der Waals surface area contributed by atoms with Gasteiger partial charge in [0.1, 0.15) is 11.2 Å². The van der Waals surface area contributed by atoms with E-state index in [1.165, 1.54) is 0 Å². The molecule has 4 N–H and O–H groups in total. The third-order valence-electron chi connectivity index (χ3n) is 4.10. The zero-order chi connectivity index (χ0) is 25.4. The topological polar surface area (TPSA) is 101 Å². The molecule has 2 rings (SSSR count). The predicted molar refractivity (Wildman–Crippen MR) is 139 cm³/mol. The predicted octanol–water partition coefficient (Wildman–Crippen LogP) is 5.54. The molecule has 0 aliphatic rings. The highest BCUT2D eigenvalue weighted by atomic mass is 32.1. The molecule has 0 bridgehead atoms. The van der Waals surface area contributed by atoms with Gasteiger partial charge >= 0.3 is 12.2 Å². The summed E-state index contributed by atoms with van der Waals surface area (Å²) >= 11 is 5.39. The molecule has 9 heteroatoms. The van der Waals surface area contributed by atoms with Crippen LogP contribution in [0.2, 0.25) is 0 Å². The van der Waals surface area contributed by atoms with Crippen LogP contribution in [0.4, 0.5) is 21.0 Å². The van der Waals surface area contributed by atoms with Crippen molar-refractivity contribution in [2.75, 3.05) is 10.6 Å². The van der Waals surface area contributed by atoms with E-state index in [1.807, 2.05) is 90.1 Å². The summed E-state index contributed by atoms with van der Waals surface area (Å²) in [7, 11) is 0. The van der Waals surface area contributed by atoms with Crippen LogP contribution >= 0.6 is 12.2 Å². The Bertz CT molecular complexity index is 898. The zero-order valence-electron chi connectivity index (χ0n) is 20.6. The van der Waals surface area contributed by atoms with E-state index in [-0.39, 0.29) is 0 Å². The van der Waals surface area contributed by atoms with Crippen LogP contribution in [-0.2, 0) is 22.6 Å². The SMILES string of the molecule is CC(C)(C)OC(=O)NCc1ccc(NC(=S)Nc2ccc(CNC(=O)OC(C)(C)C)cc2)cc1. The van der Waals surface area contributed by atoms with E-state index in [0.29, 0.717) is 18.2 Å². The molecule has 0 spiro atoms. The van der Waals surface area contributed by atoms with Crippen molar-refractivity contribution < 1.29 is 19.1 Å². The van der Waals surface area contributed by atoms with Crippen molar-refractivity contribution in [2.24, 2.45) is 0 Å². The molecule has 0 atom stereocenters. The molecule has 2 amide bonds. The fraction of sp³-hybridized carbons (Fsp3) is 0.400. The molecule has 8 nitrogen and oxygen atoms in total. The van der Waals surface area contributed by atoms with E-state index in [0.717, 1.165) is 22.5 Å². The van der Waals surface area contributed by atoms with Crippen molar-refractivity contribution in [3.05, 3.63) is 59.7 Å². The summed E-state index contributed by atoms with van der Waals surface area (Å²) in [5.74, 6) is 0. The minimum absolute atomic E-state index is 0.368. The third kappa shape index (κ3) is 11.0. The average molecular weight is 487 g/mol. The number of nitrogens with one attached hydrogen (secondary N) is 4. The lowest BCUT2D eigenvalue weighted by Crippen LogP contribution is -2.32. The smallest absolute Gasteiger partial charge is 0.407 e. The number of hydrogen-bond donors (Lipinski definition) is 4. The summed E-state index contributed by atoms with van der Waals surface area (Å²) in [4.78, 5) is 23.5. The van der Waals surface area contributed by atoms with Crippen molar-refractivity contribution in [2.45, 2.75) is 65.8 Å². The van der Waals surface area contributed by atoms with Crippen LogP contribution in [0, 0.1) is 0 Å². The lowest BCUT2D eigenvalue weighted by atomic mass is 10.2. The maximum atomic E-state index is 11.8. The Labute approximate surface area is 206 Å². The average Bonchev–Trinajstić information content (AvgIpc) is 2.70. The third-order valence-corrected chi connectivity index (χ3v) is 4.30. The fourth-order valence-corrected chi connectivity index (χ4v) is 2.92. The normalized spacial score (nSPS) is 11.2. The van der Waals surface area contributed by atoms with Gasteiger partial charge in [0.05, 0.1) is 0 Å². The van der Waals surface area contributed by atoms with Crippen LogP contribution in [0.3, 0.4) is 0 Å². The second-order valence-electron chi connectivity index (χ2n) is 9.68. The number of carbonyl (C=O) groups excluding carboxylic acids is 2. The van der Waals surface area contributed by atoms with Gasteiger partial charge in [0, 0.05) is 24.5 Å². The van der Waals surface area contributed by atoms with Gasteiger partial charge in [-0.1, -0.05) is 24.3 Å². The van der Waals surface area contributed by atoms with Crippen LogP contribution in [0.5, 0.6) is 0 Å². The van der Waals surface area contributed by atoms with Gasteiger partial charge in [-0.3, -0.25) is 0 Å². The number of ether oxygens (including phenoxy) is 2. The van der Waals surface area contributed by atoms with Gasteiger partial charge in [0.15, 0.2) is 5.11 Å². The first kappa shape index (κ1) is 26.9. The maximum Gasteiger partial charge on any atom is 0.407 e. The van der Waals surface area contributed by atoms with Gasteiger partial charge in [-0.05, 0) is 89.2 Å². The first-order chi connectivity index (χ1) is 15.8. The molecule has 0 aromatic heterocycles. The van der Waals surface area contributed by atoms with E-state index in [1.54, 1.807) is 0 Å². The van der Waals surface area contributed by atoms with E-state index in [9.17, 15) is 9.59 Å². The molecule has 0 radical (unpaired) electrons. The molecular weight excluding hydrogens is 452 g/mol. The van der Waals surface area contributed by atoms with E-state index < -0.39 is 23.4 Å². The number of hydrogen-bond acceptors (Lipinski definition) is 5. The van der Waals surface area contributed by atoms with E-state index >= 15 is 0 Å². The highest BCUT2D eigenvalue weighted by Crippen LogP contribution is 2.14. The number of amides is 2. The van der Waals surface area contributed by atoms with Crippen molar-refractivity contribution >= 4 is 40.9 Å². The molecule has 2 aromatic rings. The number of rotatable bonds is 6. The molecule has 0 saturated heterocycles. The Morgan fingerprint density at radius 1 is 0.676 bits per heavy atom. The standard InChI is InChI=1S/C25H34N4O4S/c1-24(2,3)32-22(30)26-15-17-7-11-19(12-8-17)28-21(34)29-20-13-9-18(10-14-20)16-27-23(31)33-25(4,5)6/h7-14H,15-16H2,1-6H3,(H,26,30)(H,27,31)(H2,28,29,34). The van der Waals surface area contributed by atoms with Crippen LogP contribution in [0.25, 0.3) is 0 Å². The molecule has 0 saturated carbocycles. The Balaban J connectivity index is 1.77. The monoisotopic (exact) mass is 486 g/mol. The molecule has 34 heavy (non-hydrogen) atoms. The summed E-state index contributed by atoms with van der Waals surface area (Å²) in [6.45, 7) is 11.7. The molecule has 0 unspecified atom stereocenters. The van der Waals surface area contributed by atoms with Gasteiger partial charge in [-0.25, -0.2) is 9.59 Å². The molecule has 0 aliphatic heterocycles. The molecular formula is C25H34N4O4S. The summed E-state index contributed by atoms with van der Waals surface area (Å²) < 4.78 is 10.5. The van der Waals surface area contributed by atoms with Crippen molar-refractivity contribution in [3.63, 3.8) is 0 Å². The van der Waals surface area contributed by atoms with Gasteiger partial charge < -0.3 is 30.7 Å². The summed E-state index contributed by atoms with van der Waals surface area (Å²) in [5, 5.41) is 12.1. The summed E-state index contributed by atoms with van der Waals surface area (Å²) in [5.41, 5.74) is 2.44. The van der Waals surface area contributed by atoms with Crippen molar-refractivity contribution in [1.29, 1.82) is 0 Å². The fourth-order valence-electron chi connectivity index (χ4n) is 2.68. The van der Waals surface area contributed by atoms with Crippen molar-refractivity contribution in [1.82, 2.24) is 10.6 Å². The number of thiocarbonyl (C=S) groups is 1. The molecule has 0 heterocycles. The van der Waals surface area contributed by atoms with Crippen LogP contribution in [-0.4, -0.2) is 28.5 Å². The van der Waals surface area contributed by atoms with Crippen LogP contribution < -0.4 is 21.3 Å². The van der Waals surface area contributed by atoms with Crippen molar-refractivity contribution in [3.8, 4) is 0 Å². The highest BCUT2D eigenvalue weighted by molar-refractivity contribution is 7.80. The lowest BCUT2D eigenvalue weighted by molar-refractivity contribution is 0.0512. The zero-order valence-corrected chi connectivity index (χ0v) is 21.4. The number of benzene rings is 2. The van der Waals surface area contributed by atoms with E-state index in [2.05, 4.69) is 21.3 Å². The van der Waals surface area contributed by atoms with Crippen LogP contribution in [0.15, 0.2) is 48.5 Å².